The van der Waals surface area contributed by atoms with Gasteiger partial charge >= 0.3 is 0 Å². The number of ether oxygens (including phenoxy) is 2. The van der Waals surface area contributed by atoms with Crippen LogP contribution in [-0.2, 0) is 10.5 Å². The zero-order valence-electron chi connectivity index (χ0n) is 13.6. The standard InChI is InChI=1S/C19H21NO3S/c1-14(24-13-15-7-3-2-4-8-15)19(21)20-11-16-12-22-17-9-5-6-10-18(17)23-16/h2-10,14,16H,11-13H2,1H3,(H,20,21)/t14-,16-/m1/s1. The van der Waals surface area contributed by atoms with Gasteiger partial charge in [-0.2, -0.15) is 0 Å². The lowest BCUT2D eigenvalue weighted by atomic mass is 10.2. The van der Waals surface area contributed by atoms with Gasteiger partial charge in [0.05, 0.1) is 11.8 Å². The lowest BCUT2D eigenvalue weighted by Gasteiger charge is -2.26. The van der Waals surface area contributed by atoms with E-state index in [-0.39, 0.29) is 17.3 Å². The molecule has 0 saturated heterocycles. The molecule has 24 heavy (non-hydrogen) atoms. The van der Waals surface area contributed by atoms with E-state index < -0.39 is 0 Å². The number of fused-ring (bicyclic) bond motifs is 1. The van der Waals surface area contributed by atoms with Crippen molar-refractivity contribution in [3.05, 3.63) is 60.2 Å². The fraction of sp³-hybridized carbons (Fsp3) is 0.316. The normalized spacial score (nSPS) is 17.1. The highest BCUT2D eigenvalue weighted by atomic mass is 32.2. The summed E-state index contributed by atoms with van der Waals surface area (Å²) in [5.41, 5.74) is 1.22. The molecule has 1 aliphatic heterocycles. The first-order valence-corrected chi connectivity index (χ1v) is 9.09. The van der Waals surface area contributed by atoms with Crippen LogP contribution in [0.5, 0.6) is 11.5 Å². The molecule has 0 aromatic heterocycles. The second-order valence-electron chi connectivity index (χ2n) is 5.68. The molecule has 0 fully saturated rings. The molecule has 0 saturated carbocycles. The number of amides is 1. The summed E-state index contributed by atoms with van der Waals surface area (Å²) in [6, 6.07) is 17.7. The Labute approximate surface area is 146 Å². The molecule has 1 amide bonds. The maximum absolute atomic E-state index is 12.2. The van der Waals surface area contributed by atoms with Crippen LogP contribution in [0.3, 0.4) is 0 Å². The Morgan fingerprint density at radius 2 is 1.88 bits per heavy atom. The maximum atomic E-state index is 12.2. The molecule has 5 heteroatoms. The molecule has 2 atom stereocenters. The fourth-order valence-electron chi connectivity index (χ4n) is 2.39. The molecule has 0 unspecified atom stereocenters. The van der Waals surface area contributed by atoms with Gasteiger partial charge in [0.2, 0.25) is 5.91 Å². The number of carbonyl (C=O) groups is 1. The Morgan fingerprint density at radius 1 is 1.17 bits per heavy atom. The summed E-state index contributed by atoms with van der Waals surface area (Å²) in [5, 5.41) is 2.85. The van der Waals surface area contributed by atoms with Crippen molar-refractivity contribution in [2.45, 2.75) is 24.0 Å². The van der Waals surface area contributed by atoms with Crippen molar-refractivity contribution in [2.75, 3.05) is 13.2 Å². The third kappa shape index (κ3) is 4.45. The van der Waals surface area contributed by atoms with Gasteiger partial charge in [-0.3, -0.25) is 4.79 Å². The summed E-state index contributed by atoms with van der Waals surface area (Å²) in [4.78, 5) is 12.2. The monoisotopic (exact) mass is 343 g/mol. The summed E-state index contributed by atoms with van der Waals surface area (Å²) in [6.07, 6.45) is -0.157. The van der Waals surface area contributed by atoms with Crippen LogP contribution in [0.4, 0.5) is 0 Å². The molecule has 0 spiro atoms. The van der Waals surface area contributed by atoms with Gasteiger partial charge in [0.15, 0.2) is 11.5 Å². The molecule has 0 bridgehead atoms. The van der Waals surface area contributed by atoms with E-state index in [1.807, 2.05) is 49.4 Å². The molecule has 2 aromatic carbocycles. The number of benzene rings is 2. The number of thioether (sulfide) groups is 1. The van der Waals surface area contributed by atoms with Crippen molar-refractivity contribution in [2.24, 2.45) is 0 Å². The average Bonchev–Trinajstić information content (AvgIpc) is 2.64. The molecule has 1 N–H and O–H groups in total. The predicted octanol–water partition coefficient (Wildman–Crippen LogP) is 3.26. The van der Waals surface area contributed by atoms with Gasteiger partial charge in [0.1, 0.15) is 12.7 Å². The van der Waals surface area contributed by atoms with Gasteiger partial charge in [-0.15, -0.1) is 11.8 Å². The number of carbonyl (C=O) groups excluding carboxylic acids is 1. The molecule has 4 nitrogen and oxygen atoms in total. The van der Waals surface area contributed by atoms with E-state index in [2.05, 4.69) is 17.4 Å². The zero-order valence-corrected chi connectivity index (χ0v) is 14.4. The van der Waals surface area contributed by atoms with Crippen molar-refractivity contribution in [1.82, 2.24) is 5.32 Å². The van der Waals surface area contributed by atoms with E-state index in [0.29, 0.717) is 13.2 Å². The Hall–Kier alpha value is -2.14. The molecule has 0 aliphatic carbocycles. The first-order chi connectivity index (χ1) is 11.7. The van der Waals surface area contributed by atoms with Crippen LogP contribution >= 0.6 is 11.8 Å². The number of hydrogen-bond acceptors (Lipinski definition) is 4. The second kappa shape index (κ2) is 8.11. The second-order valence-corrected chi connectivity index (χ2v) is 7.01. The van der Waals surface area contributed by atoms with Crippen LogP contribution in [-0.4, -0.2) is 30.4 Å². The van der Waals surface area contributed by atoms with Crippen LogP contribution in [0, 0.1) is 0 Å². The SMILES string of the molecule is C[C@@H](SCc1ccccc1)C(=O)NC[C@@H]1COc2ccccc2O1. The average molecular weight is 343 g/mol. The van der Waals surface area contributed by atoms with Gasteiger partial charge < -0.3 is 14.8 Å². The van der Waals surface area contributed by atoms with Crippen LogP contribution in [0.1, 0.15) is 12.5 Å². The Bertz CT molecular complexity index is 677. The van der Waals surface area contributed by atoms with E-state index >= 15 is 0 Å². The predicted molar refractivity (Wildman–Crippen MR) is 96.6 cm³/mol. The first-order valence-electron chi connectivity index (χ1n) is 8.04. The topological polar surface area (TPSA) is 47.6 Å². The number of hydrogen-bond donors (Lipinski definition) is 1. The van der Waals surface area contributed by atoms with Crippen LogP contribution in [0.25, 0.3) is 0 Å². The lowest BCUT2D eigenvalue weighted by molar-refractivity contribution is -0.120. The summed E-state index contributed by atoms with van der Waals surface area (Å²) in [5.74, 6) is 2.34. The quantitative estimate of drug-likeness (QED) is 0.874. The third-order valence-electron chi connectivity index (χ3n) is 3.78. The zero-order chi connectivity index (χ0) is 16.8. The van der Waals surface area contributed by atoms with Crippen molar-refractivity contribution >= 4 is 17.7 Å². The molecule has 1 aliphatic rings. The van der Waals surface area contributed by atoms with Gasteiger partial charge in [-0.05, 0) is 24.6 Å². The largest absolute Gasteiger partial charge is 0.486 e. The highest BCUT2D eigenvalue weighted by Crippen LogP contribution is 2.30. The highest BCUT2D eigenvalue weighted by molar-refractivity contribution is 7.99. The highest BCUT2D eigenvalue weighted by Gasteiger charge is 2.22. The van der Waals surface area contributed by atoms with Crippen LogP contribution in [0.15, 0.2) is 54.6 Å². The van der Waals surface area contributed by atoms with Gasteiger partial charge in [-0.25, -0.2) is 0 Å². The van der Waals surface area contributed by atoms with Crippen LogP contribution in [0.2, 0.25) is 0 Å². The minimum atomic E-state index is -0.157. The smallest absolute Gasteiger partial charge is 0.232 e. The Balaban J connectivity index is 1.42. The van der Waals surface area contributed by atoms with E-state index in [1.165, 1.54) is 5.56 Å². The Kier molecular flexibility index (Phi) is 5.64. The van der Waals surface area contributed by atoms with E-state index in [1.54, 1.807) is 11.8 Å². The van der Waals surface area contributed by atoms with Gasteiger partial charge in [-0.1, -0.05) is 42.5 Å². The number of para-hydroxylation sites is 2. The molecule has 3 rings (SSSR count). The summed E-state index contributed by atoms with van der Waals surface area (Å²) >= 11 is 1.63. The van der Waals surface area contributed by atoms with Crippen molar-refractivity contribution in [1.29, 1.82) is 0 Å². The minimum absolute atomic E-state index is 0.0263. The lowest BCUT2D eigenvalue weighted by Crippen LogP contribution is -2.42. The summed E-state index contributed by atoms with van der Waals surface area (Å²) < 4.78 is 11.5. The number of nitrogens with one attached hydrogen (secondary N) is 1. The van der Waals surface area contributed by atoms with E-state index in [0.717, 1.165) is 17.3 Å². The summed E-state index contributed by atoms with van der Waals surface area (Å²) in [6.45, 7) is 2.82. The van der Waals surface area contributed by atoms with Gasteiger partial charge in [0.25, 0.3) is 0 Å². The third-order valence-corrected chi connectivity index (χ3v) is 5.00. The first kappa shape index (κ1) is 16.7. The maximum Gasteiger partial charge on any atom is 0.232 e. The molecule has 2 aromatic rings. The summed E-state index contributed by atoms with van der Waals surface area (Å²) in [7, 11) is 0. The molecular formula is C19H21NO3S. The molecule has 126 valence electrons. The van der Waals surface area contributed by atoms with E-state index in [4.69, 9.17) is 9.47 Å². The molecular weight excluding hydrogens is 322 g/mol. The van der Waals surface area contributed by atoms with E-state index in [9.17, 15) is 4.79 Å². The number of rotatable bonds is 6. The Morgan fingerprint density at radius 3 is 2.67 bits per heavy atom. The molecule has 1 heterocycles. The van der Waals surface area contributed by atoms with Crippen molar-refractivity contribution in [3.8, 4) is 11.5 Å². The fourth-order valence-corrected chi connectivity index (χ4v) is 3.26. The van der Waals surface area contributed by atoms with Crippen LogP contribution < -0.4 is 14.8 Å². The van der Waals surface area contributed by atoms with Crippen molar-refractivity contribution in [3.63, 3.8) is 0 Å². The molecule has 0 radical (unpaired) electrons. The van der Waals surface area contributed by atoms with Crippen molar-refractivity contribution < 1.29 is 14.3 Å². The minimum Gasteiger partial charge on any atom is -0.486 e. The van der Waals surface area contributed by atoms with Gasteiger partial charge in [0, 0.05) is 5.75 Å².